The molecule has 0 N–H and O–H groups in total. The predicted octanol–water partition coefficient (Wildman–Crippen LogP) is 5.82. The van der Waals surface area contributed by atoms with E-state index in [1.165, 1.54) is 16.7 Å². The number of benzene rings is 1. The molecule has 0 aromatic heterocycles. The minimum atomic E-state index is 0.973. The van der Waals surface area contributed by atoms with Crippen LogP contribution in [0.25, 0.3) is 6.08 Å². The molecule has 104 valence electrons. The van der Waals surface area contributed by atoms with Gasteiger partial charge in [0, 0.05) is 0 Å². The molecule has 0 unspecified atom stereocenters. The van der Waals surface area contributed by atoms with Gasteiger partial charge in [0.1, 0.15) is 0 Å². The molecular formula is C20H24. The van der Waals surface area contributed by atoms with Crippen LogP contribution in [-0.4, -0.2) is 0 Å². The van der Waals surface area contributed by atoms with Gasteiger partial charge < -0.3 is 0 Å². The summed E-state index contributed by atoms with van der Waals surface area (Å²) >= 11 is 0. The SMILES string of the molecule is C\C=C/C=C\C=C\c1cc(C)cc(C/C=C\C=C/C)c1. The molecule has 20 heavy (non-hydrogen) atoms. The molecule has 0 saturated carbocycles. The topological polar surface area (TPSA) is 0 Å². The molecule has 0 spiro atoms. The predicted molar refractivity (Wildman–Crippen MR) is 91.8 cm³/mol. The zero-order valence-electron chi connectivity index (χ0n) is 12.7. The van der Waals surface area contributed by atoms with E-state index in [-0.39, 0.29) is 0 Å². The Morgan fingerprint density at radius 1 is 0.800 bits per heavy atom. The molecule has 1 aromatic carbocycles. The molecule has 0 aliphatic rings. The number of allylic oxidation sites excluding steroid dienone is 9. The third-order valence-corrected chi connectivity index (χ3v) is 2.77. The highest BCUT2D eigenvalue weighted by Crippen LogP contribution is 2.12. The lowest BCUT2D eigenvalue weighted by Crippen LogP contribution is -1.85. The van der Waals surface area contributed by atoms with E-state index in [1.807, 2.05) is 44.2 Å². The monoisotopic (exact) mass is 264 g/mol. The summed E-state index contributed by atoms with van der Waals surface area (Å²) < 4.78 is 0. The molecule has 0 aliphatic carbocycles. The second-order valence-electron chi connectivity index (χ2n) is 4.68. The lowest BCUT2D eigenvalue weighted by Gasteiger charge is -2.02. The molecule has 0 heteroatoms. The van der Waals surface area contributed by atoms with Crippen molar-refractivity contribution >= 4 is 6.08 Å². The zero-order valence-corrected chi connectivity index (χ0v) is 12.7. The Morgan fingerprint density at radius 2 is 1.50 bits per heavy atom. The first kappa shape index (κ1) is 16.0. The highest BCUT2D eigenvalue weighted by Gasteiger charge is 1.94. The van der Waals surface area contributed by atoms with Crippen LogP contribution >= 0.6 is 0 Å². The fourth-order valence-corrected chi connectivity index (χ4v) is 1.91. The molecule has 0 amide bonds. The van der Waals surface area contributed by atoms with Crippen LogP contribution in [0, 0.1) is 6.92 Å². The Bertz CT molecular complexity index is 537. The Kier molecular flexibility index (Phi) is 7.83. The summed E-state index contributed by atoms with van der Waals surface area (Å²) in [5.74, 6) is 0. The maximum absolute atomic E-state index is 2.24. The van der Waals surface area contributed by atoms with E-state index in [0.29, 0.717) is 0 Å². The quantitative estimate of drug-likeness (QED) is 0.568. The van der Waals surface area contributed by atoms with Crippen molar-refractivity contribution < 1.29 is 0 Å². The van der Waals surface area contributed by atoms with Crippen LogP contribution in [0.3, 0.4) is 0 Å². The number of aryl methyl sites for hydroxylation is 1. The summed E-state index contributed by atoms with van der Waals surface area (Å²) in [5.41, 5.74) is 3.91. The minimum Gasteiger partial charge on any atom is -0.0877 e. The summed E-state index contributed by atoms with van der Waals surface area (Å²) in [4.78, 5) is 0. The van der Waals surface area contributed by atoms with E-state index in [0.717, 1.165) is 6.42 Å². The lowest BCUT2D eigenvalue weighted by atomic mass is 10.0. The van der Waals surface area contributed by atoms with Crippen molar-refractivity contribution in [3.63, 3.8) is 0 Å². The molecule has 1 rings (SSSR count). The molecule has 0 radical (unpaired) electrons. The fourth-order valence-electron chi connectivity index (χ4n) is 1.91. The van der Waals surface area contributed by atoms with Gasteiger partial charge >= 0.3 is 0 Å². The highest BCUT2D eigenvalue weighted by molar-refractivity contribution is 5.53. The average Bonchev–Trinajstić information content (AvgIpc) is 2.43. The van der Waals surface area contributed by atoms with Gasteiger partial charge in [-0.15, -0.1) is 0 Å². The Labute approximate surface area is 123 Å². The third kappa shape index (κ3) is 6.75. The van der Waals surface area contributed by atoms with Crippen molar-refractivity contribution in [1.82, 2.24) is 0 Å². The summed E-state index contributed by atoms with van der Waals surface area (Å²) in [6, 6.07) is 6.69. The van der Waals surface area contributed by atoms with E-state index >= 15 is 0 Å². The van der Waals surface area contributed by atoms with Gasteiger partial charge in [0.25, 0.3) is 0 Å². The fraction of sp³-hybridized carbons (Fsp3) is 0.200. The third-order valence-electron chi connectivity index (χ3n) is 2.77. The van der Waals surface area contributed by atoms with Gasteiger partial charge in [-0.3, -0.25) is 0 Å². The Morgan fingerprint density at radius 3 is 2.25 bits per heavy atom. The van der Waals surface area contributed by atoms with Crippen molar-refractivity contribution in [3.05, 3.63) is 89.6 Å². The summed E-state index contributed by atoms with van der Waals surface area (Å²) in [6.45, 7) is 6.19. The molecule has 0 heterocycles. The maximum Gasteiger partial charge on any atom is -0.00940 e. The molecule has 0 fully saturated rings. The highest BCUT2D eigenvalue weighted by atomic mass is 14.0. The van der Waals surface area contributed by atoms with Crippen molar-refractivity contribution in [2.75, 3.05) is 0 Å². The first-order valence-corrected chi connectivity index (χ1v) is 7.10. The molecule has 0 bridgehead atoms. The molecule has 0 nitrogen and oxygen atoms in total. The molecule has 1 aromatic rings. The van der Waals surface area contributed by atoms with E-state index in [4.69, 9.17) is 0 Å². The van der Waals surface area contributed by atoms with Crippen molar-refractivity contribution in [3.8, 4) is 0 Å². The average molecular weight is 264 g/mol. The summed E-state index contributed by atoms with van der Waals surface area (Å²) in [6.07, 6.45) is 21.7. The van der Waals surface area contributed by atoms with E-state index < -0.39 is 0 Å². The van der Waals surface area contributed by atoms with Crippen LogP contribution in [0.2, 0.25) is 0 Å². The van der Waals surface area contributed by atoms with Crippen LogP contribution in [0.4, 0.5) is 0 Å². The summed E-state index contributed by atoms with van der Waals surface area (Å²) in [5, 5.41) is 0. The zero-order chi connectivity index (χ0) is 14.6. The largest absolute Gasteiger partial charge is 0.0877 e. The van der Waals surface area contributed by atoms with E-state index in [9.17, 15) is 0 Å². The second kappa shape index (κ2) is 9.80. The van der Waals surface area contributed by atoms with Gasteiger partial charge in [-0.05, 0) is 38.3 Å². The van der Waals surface area contributed by atoms with Crippen molar-refractivity contribution in [2.24, 2.45) is 0 Å². The number of hydrogen-bond donors (Lipinski definition) is 0. The van der Waals surface area contributed by atoms with E-state index in [1.54, 1.807) is 0 Å². The summed E-state index contributed by atoms with van der Waals surface area (Å²) in [7, 11) is 0. The van der Waals surface area contributed by atoms with Gasteiger partial charge in [0.05, 0.1) is 0 Å². The second-order valence-corrected chi connectivity index (χ2v) is 4.68. The molecule has 0 atom stereocenters. The van der Waals surface area contributed by atoms with E-state index in [2.05, 4.69) is 55.5 Å². The smallest absolute Gasteiger partial charge is 0.00940 e. The molecule has 0 saturated heterocycles. The number of rotatable bonds is 6. The van der Waals surface area contributed by atoms with Crippen LogP contribution in [0.15, 0.2) is 72.9 Å². The van der Waals surface area contributed by atoms with Gasteiger partial charge in [0.2, 0.25) is 0 Å². The maximum atomic E-state index is 2.24. The first-order chi connectivity index (χ1) is 9.76. The normalized spacial score (nSPS) is 12.9. The lowest BCUT2D eigenvalue weighted by molar-refractivity contribution is 1.24. The minimum absolute atomic E-state index is 0.973. The van der Waals surface area contributed by atoms with Gasteiger partial charge in [-0.1, -0.05) is 84.5 Å². The standard InChI is InChI=1S/C20H24/c1-4-6-8-10-12-14-20-16-18(3)15-19(17-20)13-11-9-7-5-2/h4-12,14-17H,13H2,1-3H3/b6-4-,7-5-,10-8-,11-9-,14-12+. The number of hydrogen-bond acceptors (Lipinski definition) is 0. The van der Waals surface area contributed by atoms with Crippen LogP contribution < -0.4 is 0 Å². The van der Waals surface area contributed by atoms with Crippen LogP contribution in [-0.2, 0) is 6.42 Å². The Balaban J connectivity index is 2.75. The van der Waals surface area contributed by atoms with Crippen molar-refractivity contribution in [1.29, 1.82) is 0 Å². The van der Waals surface area contributed by atoms with Crippen LogP contribution in [0.5, 0.6) is 0 Å². The first-order valence-electron chi connectivity index (χ1n) is 7.10. The molecule has 0 aliphatic heterocycles. The van der Waals surface area contributed by atoms with Gasteiger partial charge in [-0.25, -0.2) is 0 Å². The van der Waals surface area contributed by atoms with Gasteiger partial charge in [-0.2, -0.15) is 0 Å². The Hall–Kier alpha value is -2.08. The van der Waals surface area contributed by atoms with Gasteiger partial charge in [0.15, 0.2) is 0 Å². The van der Waals surface area contributed by atoms with Crippen LogP contribution in [0.1, 0.15) is 30.5 Å². The molecular weight excluding hydrogens is 240 g/mol. The van der Waals surface area contributed by atoms with Crippen molar-refractivity contribution in [2.45, 2.75) is 27.2 Å².